The lowest BCUT2D eigenvalue weighted by molar-refractivity contribution is 0.0740. The Morgan fingerprint density at radius 2 is 2.22 bits per heavy atom. The van der Waals surface area contributed by atoms with Crippen LogP contribution in [-0.2, 0) is 0 Å². The van der Waals surface area contributed by atoms with Gasteiger partial charge in [-0.05, 0) is 47.3 Å². The SMILES string of the molecule is CCCOc1c(Br)cc(C(=O)N2CCCC2CN)cc1OC.Cl. The molecule has 0 spiro atoms. The molecule has 1 aromatic rings. The first-order chi connectivity index (χ1) is 10.6. The topological polar surface area (TPSA) is 64.8 Å². The number of hydrogen-bond acceptors (Lipinski definition) is 4. The number of carbonyl (C=O) groups is 1. The van der Waals surface area contributed by atoms with E-state index in [2.05, 4.69) is 15.9 Å². The molecule has 23 heavy (non-hydrogen) atoms. The second-order valence-electron chi connectivity index (χ2n) is 5.37. The highest BCUT2D eigenvalue weighted by atomic mass is 79.9. The summed E-state index contributed by atoms with van der Waals surface area (Å²) in [5.74, 6) is 1.20. The molecule has 1 unspecified atom stereocenters. The predicted octanol–water partition coefficient (Wildman–Crippen LogP) is 3.23. The van der Waals surface area contributed by atoms with E-state index in [-0.39, 0.29) is 24.4 Å². The van der Waals surface area contributed by atoms with E-state index in [1.54, 1.807) is 19.2 Å². The van der Waals surface area contributed by atoms with E-state index in [1.807, 2.05) is 11.8 Å². The Morgan fingerprint density at radius 3 is 2.83 bits per heavy atom. The van der Waals surface area contributed by atoms with Gasteiger partial charge in [0.1, 0.15) is 0 Å². The summed E-state index contributed by atoms with van der Waals surface area (Å²) in [6.07, 6.45) is 2.88. The molecule has 1 aliphatic heterocycles. The highest BCUT2D eigenvalue weighted by Crippen LogP contribution is 2.37. The number of methoxy groups -OCH3 is 1. The third kappa shape index (κ3) is 4.52. The summed E-state index contributed by atoms with van der Waals surface area (Å²) in [4.78, 5) is 14.6. The Hall–Kier alpha value is -0.980. The Bertz CT molecular complexity index is 542. The van der Waals surface area contributed by atoms with Crippen LogP contribution >= 0.6 is 28.3 Å². The van der Waals surface area contributed by atoms with Crippen molar-refractivity contribution >= 4 is 34.2 Å². The van der Waals surface area contributed by atoms with Crippen LogP contribution in [0.25, 0.3) is 0 Å². The molecule has 1 atom stereocenters. The van der Waals surface area contributed by atoms with Gasteiger partial charge in [0.05, 0.1) is 18.2 Å². The maximum absolute atomic E-state index is 12.7. The summed E-state index contributed by atoms with van der Waals surface area (Å²) in [5, 5.41) is 0. The number of halogens is 2. The van der Waals surface area contributed by atoms with E-state index in [0.717, 1.165) is 30.3 Å². The Labute approximate surface area is 152 Å². The fourth-order valence-corrected chi connectivity index (χ4v) is 3.26. The summed E-state index contributed by atoms with van der Waals surface area (Å²) >= 11 is 3.48. The van der Waals surface area contributed by atoms with E-state index in [9.17, 15) is 4.79 Å². The number of hydrogen-bond donors (Lipinski definition) is 1. The summed E-state index contributed by atoms with van der Waals surface area (Å²) in [5.41, 5.74) is 6.35. The van der Waals surface area contributed by atoms with Gasteiger partial charge in [-0.15, -0.1) is 12.4 Å². The van der Waals surface area contributed by atoms with Crippen LogP contribution in [0.4, 0.5) is 0 Å². The van der Waals surface area contributed by atoms with E-state index < -0.39 is 0 Å². The molecule has 1 amide bonds. The van der Waals surface area contributed by atoms with E-state index in [0.29, 0.717) is 30.2 Å². The Balaban J connectivity index is 0.00000264. The van der Waals surface area contributed by atoms with Crippen LogP contribution in [0, 0.1) is 0 Å². The number of carbonyl (C=O) groups excluding carboxylic acids is 1. The van der Waals surface area contributed by atoms with Gasteiger partial charge in [0.2, 0.25) is 0 Å². The van der Waals surface area contributed by atoms with Crippen molar-refractivity contribution in [3.63, 3.8) is 0 Å². The molecule has 1 heterocycles. The summed E-state index contributed by atoms with van der Waals surface area (Å²) in [7, 11) is 1.58. The third-order valence-corrected chi connectivity index (χ3v) is 4.43. The standard InChI is InChI=1S/C16H23BrN2O3.ClH/c1-3-7-22-15-13(17)8-11(9-14(15)21-2)16(20)19-6-4-5-12(19)10-18;/h8-9,12H,3-7,10,18H2,1-2H3;1H. The normalized spacial score (nSPS) is 16.9. The molecular weight excluding hydrogens is 384 g/mol. The molecule has 1 aliphatic rings. The number of nitrogens with two attached hydrogens (primary N) is 1. The van der Waals surface area contributed by atoms with Gasteiger partial charge >= 0.3 is 0 Å². The fraction of sp³-hybridized carbons (Fsp3) is 0.562. The summed E-state index contributed by atoms with van der Waals surface area (Å²) in [6.45, 7) is 3.90. The quantitative estimate of drug-likeness (QED) is 0.786. The molecule has 0 bridgehead atoms. The maximum Gasteiger partial charge on any atom is 0.254 e. The van der Waals surface area contributed by atoms with Crippen LogP contribution in [-0.4, -0.2) is 43.7 Å². The zero-order valence-electron chi connectivity index (χ0n) is 13.5. The molecule has 1 saturated heterocycles. The predicted molar refractivity (Wildman–Crippen MR) is 96.8 cm³/mol. The van der Waals surface area contributed by atoms with Crippen molar-refractivity contribution in [2.75, 3.05) is 26.8 Å². The molecule has 0 radical (unpaired) electrons. The van der Waals surface area contributed by atoms with Gasteiger partial charge in [-0.1, -0.05) is 6.92 Å². The van der Waals surface area contributed by atoms with Crippen LogP contribution < -0.4 is 15.2 Å². The van der Waals surface area contributed by atoms with Crippen LogP contribution in [0.3, 0.4) is 0 Å². The molecule has 5 nitrogen and oxygen atoms in total. The van der Waals surface area contributed by atoms with Gasteiger partial charge in [0.15, 0.2) is 11.5 Å². The van der Waals surface area contributed by atoms with Crippen molar-refractivity contribution in [1.29, 1.82) is 0 Å². The molecule has 0 saturated carbocycles. The zero-order chi connectivity index (χ0) is 16.1. The lowest BCUT2D eigenvalue weighted by Gasteiger charge is -2.24. The Kier molecular flexibility index (Phi) is 8.16. The minimum absolute atomic E-state index is 0. The van der Waals surface area contributed by atoms with E-state index in [1.165, 1.54) is 0 Å². The number of nitrogens with zero attached hydrogens (tertiary/aromatic N) is 1. The number of likely N-dealkylation sites (tertiary alicyclic amines) is 1. The van der Waals surface area contributed by atoms with Gasteiger partial charge in [0.25, 0.3) is 5.91 Å². The van der Waals surface area contributed by atoms with Crippen molar-refractivity contribution in [3.05, 3.63) is 22.2 Å². The van der Waals surface area contributed by atoms with Crippen molar-refractivity contribution in [2.45, 2.75) is 32.2 Å². The number of amides is 1. The monoisotopic (exact) mass is 406 g/mol. The minimum Gasteiger partial charge on any atom is -0.493 e. The minimum atomic E-state index is -0.00556. The van der Waals surface area contributed by atoms with Crippen LogP contribution in [0.15, 0.2) is 16.6 Å². The lowest BCUT2D eigenvalue weighted by atomic mass is 10.1. The molecule has 2 rings (SSSR count). The molecule has 0 aromatic heterocycles. The van der Waals surface area contributed by atoms with Crippen LogP contribution in [0.2, 0.25) is 0 Å². The zero-order valence-corrected chi connectivity index (χ0v) is 15.9. The summed E-state index contributed by atoms with van der Waals surface area (Å²) < 4.78 is 11.8. The largest absolute Gasteiger partial charge is 0.493 e. The highest BCUT2D eigenvalue weighted by molar-refractivity contribution is 9.10. The lowest BCUT2D eigenvalue weighted by Crippen LogP contribution is -2.39. The number of ether oxygens (including phenoxy) is 2. The number of rotatable bonds is 6. The van der Waals surface area contributed by atoms with Crippen molar-refractivity contribution < 1.29 is 14.3 Å². The van der Waals surface area contributed by atoms with Crippen molar-refractivity contribution in [1.82, 2.24) is 4.90 Å². The average molecular weight is 408 g/mol. The van der Waals surface area contributed by atoms with Gasteiger partial charge in [-0.2, -0.15) is 0 Å². The second-order valence-corrected chi connectivity index (χ2v) is 6.22. The first-order valence-corrected chi connectivity index (χ1v) is 8.43. The molecule has 1 fully saturated rings. The van der Waals surface area contributed by atoms with Gasteiger partial charge < -0.3 is 20.1 Å². The fourth-order valence-electron chi connectivity index (χ4n) is 2.70. The average Bonchev–Trinajstić information content (AvgIpc) is 3.00. The molecule has 7 heteroatoms. The highest BCUT2D eigenvalue weighted by Gasteiger charge is 2.29. The Morgan fingerprint density at radius 1 is 1.48 bits per heavy atom. The maximum atomic E-state index is 12.7. The molecule has 130 valence electrons. The van der Waals surface area contributed by atoms with Gasteiger partial charge in [-0.3, -0.25) is 4.79 Å². The van der Waals surface area contributed by atoms with Gasteiger partial charge in [-0.25, -0.2) is 0 Å². The van der Waals surface area contributed by atoms with Crippen molar-refractivity contribution in [3.8, 4) is 11.5 Å². The van der Waals surface area contributed by atoms with E-state index in [4.69, 9.17) is 15.2 Å². The molecule has 2 N–H and O–H groups in total. The smallest absolute Gasteiger partial charge is 0.254 e. The van der Waals surface area contributed by atoms with Crippen LogP contribution in [0.1, 0.15) is 36.5 Å². The summed E-state index contributed by atoms with van der Waals surface area (Å²) in [6, 6.07) is 3.67. The number of benzene rings is 1. The molecule has 0 aliphatic carbocycles. The van der Waals surface area contributed by atoms with Crippen LogP contribution in [0.5, 0.6) is 11.5 Å². The van der Waals surface area contributed by atoms with Crippen molar-refractivity contribution in [2.24, 2.45) is 5.73 Å². The second kappa shape index (κ2) is 9.35. The van der Waals surface area contributed by atoms with Gasteiger partial charge in [0, 0.05) is 24.7 Å². The van der Waals surface area contributed by atoms with E-state index >= 15 is 0 Å². The third-order valence-electron chi connectivity index (χ3n) is 3.84. The first-order valence-electron chi connectivity index (χ1n) is 7.63. The molecule has 1 aromatic carbocycles. The first kappa shape index (κ1) is 20.1. The molecular formula is C16H24BrClN2O3.